The molecule has 0 aromatic carbocycles. The van der Waals surface area contributed by atoms with Crippen LogP contribution < -0.4 is 0 Å². The molecule has 0 aromatic rings. The van der Waals surface area contributed by atoms with Gasteiger partial charge < -0.3 is 9.47 Å². The van der Waals surface area contributed by atoms with Crippen molar-refractivity contribution in [3.8, 4) is 0 Å². The maximum Gasteiger partial charge on any atom is 0.327 e. The first-order valence-corrected chi connectivity index (χ1v) is 12.2. The third kappa shape index (κ3) is 4.30. The average molecular weight is 377 g/mol. The predicted octanol–water partition coefficient (Wildman–Crippen LogP) is 4.43. The number of ether oxygens (including phenoxy) is 2. The van der Waals surface area contributed by atoms with Gasteiger partial charge in [-0.15, -0.1) is 0 Å². The van der Waals surface area contributed by atoms with Crippen molar-refractivity contribution in [2.45, 2.75) is 65.2 Å². The van der Waals surface area contributed by atoms with Crippen LogP contribution in [0.25, 0.3) is 0 Å². The summed E-state index contributed by atoms with van der Waals surface area (Å²) in [7, 11) is -1.81. The second-order valence-electron chi connectivity index (χ2n) is 7.27. The number of esters is 2. The Balaban J connectivity index is 3.44. The van der Waals surface area contributed by atoms with Crippen molar-refractivity contribution in [2.24, 2.45) is 11.3 Å². The Morgan fingerprint density at radius 1 is 1.20 bits per heavy atom. The van der Waals surface area contributed by atoms with Gasteiger partial charge in [-0.1, -0.05) is 44.6 Å². The zero-order chi connectivity index (χ0) is 19.4. The Kier molecular flexibility index (Phi) is 7.35. The summed E-state index contributed by atoms with van der Waals surface area (Å²) in [6.45, 7) is 11.7. The Morgan fingerprint density at radius 2 is 1.68 bits per heavy atom. The van der Waals surface area contributed by atoms with Crippen LogP contribution in [0.3, 0.4) is 0 Å². The van der Waals surface area contributed by atoms with E-state index in [1.807, 2.05) is 6.92 Å². The van der Waals surface area contributed by atoms with E-state index >= 15 is 0 Å². The molecule has 2 atom stereocenters. The number of allylic oxidation sites excluding steroid dienone is 1. The molecule has 0 bridgehead atoms. The van der Waals surface area contributed by atoms with E-state index in [9.17, 15) is 18.4 Å². The first kappa shape index (κ1) is 21.8. The molecule has 144 valence electrons. The average Bonchev–Trinajstić information content (AvgIpc) is 2.96. The molecule has 0 spiro atoms. The van der Waals surface area contributed by atoms with E-state index < -0.39 is 37.8 Å². The van der Waals surface area contributed by atoms with Crippen molar-refractivity contribution in [3.63, 3.8) is 0 Å². The number of rotatable bonds is 8. The van der Waals surface area contributed by atoms with Gasteiger partial charge in [0.1, 0.15) is 0 Å². The topological polar surface area (TPSA) is 52.6 Å². The van der Waals surface area contributed by atoms with Crippen molar-refractivity contribution in [1.29, 1.82) is 0 Å². The van der Waals surface area contributed by atoms with Crippen LogP contribution in [0.4, 0.5) is 8.78 Å². The number of carbonyl (C=O) groups is 2. The molecule has 2 unspecified atom stereocenters. The zero-order valence-electron chi connectivity index (χ0n) is 16.0. The molecular weight excluding hydrogens is 346 g/mol. The minimum absolute atomic E-state index is 0.0674. The first-order chi connectivity index (χ1) is 11.6. The van der Waals surface area contributed by atoms with Crippen LogP contribution in [0.5, 0.6) is 0 Å². The molecule has 0 heterocycles. The zero-order valence-corrected chi connectivity index (χ0v) is 17.0. The summed E-state index contributed by atoms with van der Waals surface area (Å²) in [4.78, 5) is 25.1. The number of hydrogen-bond donors (Lipinski definition) is 0. The van der Waals surface area contributed by atoms with Crippen molar-refractivity contribution in [2.75, 3.05) is 13.2 Å². The highest BCUT2D eigenvalue weighted by Gasteiger charge is 2.56. The van der Waals surface area contributed by atoms with Crippen LogP contribution in [0.1, 0.15) is 34.1 Å². The van der Waals surface area contributed by atoms with Gasteiger partial charge in [0.2, 0.25) is 6.43 Å². The van der Waals surface area contributed by atoms with Gasteiger partial charge in [-0.3, -0.25) is 9.59 Å². The van der Waals surface area contributed by atoms with Crippen molar-refractivity contribution >= 4 is 20.0 Å². The molecule has 0 radical (unpaired) electrons. The van der Waals surface area contributed by atoms with E-state index in [0.29, 0.717) is 5.57 Å². The van der Waals surface area contributed by atoms with Crippen molar-refractivity contribution < 1.29 is 27.8 Å². The van der Waals surface area contributed by atoms with Crippen LogP contribution in [0.15, 0.2) is 11.6 Å². The van der Waals surface area contributed by atoms with Crippen molar-refractivity contribution in [1.82, 2.24) is 0 Å². The van der Waals surface area contributed by atoms with Crippen LogP contribution in [-0.2, 0) is 19.1 Å². The minimum Gasteiger partial charge on any atom is -0.465 e. The summed E-state index contributed by atoms with van der Waals surface area (Å²) in [5.41, 5.74) is -1.31. The van der Waals surface area contributed by atoms with Gasteiger partial charge in [0, 0.05) is 5.92 Å². The van der Waals surface area contributed by atoms with Gasteiger partial charge >= 0.3 is 11.9 Å². The lowest BCUT2D eigenvalue weighted by Crippen LogP contribution is -2.40. The quantitative estimate of drug-likeness (QED) is 0.272. The standard InChI is InChI=1S/C18H30F2O4Si/c1-7-23-16(21)18(17(22)24-8-2)10-13(14(11-18)15(19)20)12(4)25(5,6)9-3/h10,12,14-15H,7-9,11H2,1-6H3. The number of halogens is 2. The minimum atomic E-state index is -2.64. The molecule has 0 fully saturated rings. The summed E-state index contributed by atoms with van der Waals surface area (Å²) in [5.74, 6) is -2.71. The first-order valence-electron chi connectivity index (χ1n) is 8.92. The molecule has 0 N–H and O–H groups in total. The van der Waals surface area contributed by atoms with E-state index in [1.54, 1.807) is 13.8 Å². The van der Waals surface area contributed by atoms with E-state index in [4.69, 9.17) is 9.47 Å². The maximum absolute atomic E-state index is 13.8. The second-order valence-corrected chi connectivity index (χ2v) is 12.8. The van der Waals surface area contributed by atoms with Gasteiger partial charge in [-0.2, -0.15) is 0 Å². The predicted molar refractivity (Wildman–Crippen MR) is 95.3 cm³/mol. The van der Waals surface area contributed by atoms with E-state index in [0.717, 1.165) is 6.04 Å². The Hall–Kier alpha value is -1.24. The van der Waals surface area contributed by atoms with Gasteiger partial charge in [0.25, 0.3) is 0 Å². The van der Waals surface area contributed by atoms with Gasteiger partial charge in [-0.25, -0.2) is 8.78 Å². The molecule has 1 rings (SSSR count). The highest BCUT2D eigenvalue weighted by atomic mass is 28.3. The highest BCUT2D eigenvalue weighted by Crippen LogP contribution is 2.51. The van der Waals surface area contributed by atoms with Gasteiger partial charge in [-0.05, 0) is 25.8 Å². The fourth-order valence-corrected chi connectivity index (χ4v) is 5.05. The SMILES string of the molecule is CCOC(=O)C1(C(=O)OCC)C=C(C(C)[Si](C)(C)CC)C(C(F)F)C1. The Bertz CT molecular complexity index is 513. The lowest BCUT2D eigenvalue weighted by molar-refractivity contribution is -0.168. The normalized spacial score (nSPS) is 21.0. The number of hydrogen-bond acceptors (Lipinski definition) is 4. The molecule has 25 heavy (non-hydrogen) atoms. The fraction of sp³-hybridized carbons (Fsp3) is 0.778. The summed E-state index contributed by atoms with van der Waals surface area (Å²) >= 11 is 0. The Morgan fingerprint density at radius 3 is 2.04 bits per heavy atom. The third-order valence-corrected chi connectivity index (χ3v) is 10.1. The molecule has 0 saturated heterocycles. The molecule has 0 aromatic heterocycles. The summed E-state index contributed by atoms with van der Waals surface area (Å²) < 4.78 is 37.6. The summed E-state index contributed by atoms with van der Waals surface area (Å²) in [6.07, 6.45) is -1.48. The number of carbonyl (C=O) groups excluding carboxylic acids is 2. The maximum atomic E-state index is 13.8. The number of alkyl halides is 2. The Labute approximate surface area is 150 Å². The molecule has 1 aliphatic carbocycles. The van der Waals surface area contributed by atoms with Crippen LogP contribution in [-0.4, -0.2) is 39.7 Å². The summed E-state index contributed by atoms with van der Waals surface area (Å²) in [6, 6.07) is 0.924. The van der Waals surface area contributed by atoms with Crippen LogP contribution in [0, 0.1) is 11.3 Å². The van der Waals surface area contributed by atoms with Crippen LogP contribution in [0.2, 0.25) is 24.7 Å². The second kappa shape index (κ2) is 8.43. The van der Waals surface area contributed by atoms with E-state index in [2.05, 4.69) is 20.0 Å². The smallest absolute Gasteiger partial charge is 0.327 e. The molecule has 0 amide bonds. The lowest BCUT2D eigenvalue weighted by atomic mass is 9.85. The van der Waals surface area contributed by atoms with Gasteiger partial charge in [0.05, 0.1) is 21.3 Å². The van der Waals surface area contributed by atoms with Crippen molar-refractivity contribution in [3.05, 3.63) is 11.6 Å². The summed E-state index contributed by atoms with van der Waals surface area (Å²) in [5, 5.41) is 0. The van der Waals surface area contributed by atoms with E-state index in [-0.39, 0.29) is 25.2 Å². The van der Waals surface area contributed by atoms with E-state index in [1.165, 1.54) is 6.08 Å². The van der Waals surface area contributed by atoms with Gasteiger partial charge in [0.15, 0.2) is 5.41 Å². The monoisotopic (exact) mass is 376 g/mol. The third-order valence-electron chi connectivity index (χ3n) is 5.55. The molecule has 0 aliphatic heterocycles. The molecule has 7 heteroatoms. The highest BCUT2D eigenvalue weighted by molar-refractivity contribution is 6.79. The van der Waals surface area contributed by atoms with Crippen LogP contribution >= 0.6 is 0 Å². The molecule has 4 nitrogen and oxygen atoms in total. The molecule has 0 saturated carbocycles. The molecular formula is C18H30F2O4Si. The lowest BCUT2D eigenvalue weighted by Gasteiger charge is -2.32. The fourth-order valence-electron chi connectivity index (χ4n) is 3.24. The molecule has 1 aliphatic rings. The largest absolute Gasteiger partial charge is 0.465 e.